The van der Waals surface area contributed by atoms with Crippen molar-refractivity contribution in [3.05, 3.63) is 0 Å². The number of ketones is 2. The molecule has 3 unspecified atom stereocenters. The van der Waals surface area contributed by atoms with E-state index >= 15 is 0 Å². The summed E-state index contributed by atoms with van der Waals surface area (Å²) in [5, 5.41) is 0. The van der Waals surface area contributed by atoms with Crippen molar-refractivity contribution in [1.29, 1.82) is 0 Å². The van der Waals surface area contributed by atoms with Gasteiger partial charge in [0.2, 0.25) is 0 Å². The highest BCUT2D eigenvalue weighted by Gasteiger charge is 2.34. The summed E-state index contributed by atoms with van der Waals surface area (Å²) in [7, 11) is 1.24. The molecule has 86 valence electrons. The summed E-state index contributed by atoms with van der Waals surface area (Å²) < 4.78 is 4.55. The van der Waals surface area contributed by atoms with Crippen LogP contribution in [0, 0.1) is 17.8 Å². The zero-order valence-electron chi connectivity index (χ0n) is 9.87. The van der Waals surface area contributed by atoms with Crippen LogP contribution in [0.1, 0.15) is 27.7 Å². The fourth-order valence-corrected chi connectivity index (χ4v) is 1.54. The minimum Gasteiger partial charge on any atom is -0.468 e. The van der Waals surface area contributed by atoms with Crippen molar-refractivity contribution in [3.8, 4) is 0 Å². The molecule has 0 spiro atoms. The Labute approximate surface area is 90.0 Å². The number of Topliss-reactive ketones (excluding diaryl/α,β-unsaturated/α-hetero) is 2. The molecule has 0 heterocycles. The summed E-state index contributed by atoms with van der Waals surface area (Å²) in [6, 6.07) is 0. The van der Waals surface area contributed by atoms with Crippen molar-refractivity contribution in [2.45, 2.75) is 27.7 Å². The number of ether oxygens (including phenoxy) is 1. The fraction of sp³-hybridized carbons (Fsp3) is 0.727. The van der Waals surface area contributed by atoms with E-state index in [9.17, 15) is 14.4 Å². The van der Waals surface area contributed by atoms with Gasteiger partial charge in [-0.1, -0.05) is 13.8 Å². The van der Waals surface area contributed by atoms with E-state index < -0.39 is 11.9 Å². The molecular formula is C11H18O4. The third kappa shape index (κ3) is 3.46. The first-order chi connectivity index (χ1) is 6.82. The van der Waals surface area contributed by atoms with Gasteiger partial charge in [-0.3, -0.25) is 14.4 Å². The summed E-state index contributed by atoms with van der Waals surface area (Å²) in [6.45, 7) is 6.22. The SMILES string of the molecule is COC(=O)C(C(C)=O)C(C)C(C)C(C)=O. The molecule has 0 fully saturated rings. The molecule has 0 bridgehead atoms. The van der Waals surface area contributed by atoms with E-state index in [1.54, 1.807) is 13.8 Å². The van der Waals surface area contributed by atoms with Crippen LogP contribution in [0.25, 0.3) is 0 Å². The van der Waals surface area contributed by atoms with Crippen molar-refractivity contribution in [1.82, 2.24) is 0 Å². The average molecular weight is 214 g/mol. The van der Waals surface area contributed by atoms with Gasteiger partial charge in [-0.15, -0.1) is 0 Å². The fourth-order valence-electron chi connectivity index (χ4n) is 1.54. The number of esters is 1. The van der Waals surface area contributed by atoms with Crippen LogP contribution >= 0.6 is 0 Å². The Bertz CT molecular complexity index is 270. The van der Waals surface area contributed by atoms with Gasteiger partial charge in [-0.25, -0.2) is 0 Å². The van der Waals surface area contributed by atoms with Gasteiger partial charge in [0.05, 0.1) is 7.11 Å². The van der Waals surface area contributed by atoms with Crippen LogP contribution in [0.4, 0.5) is 0 Å². The van der Waals surface area contributed by atoms with Crippen LogP contribution in [-0.2, 0) is 19.1 Å². The molecule has 4 heteroatoms. The monoisotopic (exact) mass is 214 g/mol. The van der Waals surface area contributed by atoms with Gasteiger partial charge >= 0.3 is 5.97 Å². The van der Waals surface area contributed by atoms with Crippen LogP contribution in [0.3, 0.4) is 0 Å². The topological polar surface area (TPSA) is 60.4 Å². The Kier molecular flexibility index (Phi) is 5.19. The second-order valence-corrected chi connectivity index (χ2v) is 3.87. The van der Waals surface area contributed by atoms with E-state index in [0.717, 1.165) is 0 Å². The van der Waals surface area contributed by atoms with Crippen LogP contribution in [0.2, 0.25) is 0 Å². The first-order valence-corrected chi connectivity index (χ1v) is 4.91. The van der Waals surface area contributed by atoms with Crippen molar-refractivity contribution in [2.75, 3.05) is 7.11 Å². The van der Waals surface area contributed by atoms with Crippen molar-refractivity contribution >= 4 is 17.5 Å². The lowest BCUT2D eigenvalue weighted by molar-refractivity contribution is -0.152. The smallest absolute Gasteiger partial charge is 0.316 e. The van der Waals surface area contributed by atoms with E-state index in [1.807, 2.05) is 0 Å². The predicted octanol–water partition coefficient (Wildman–Crippen LogP) is 1.23. The van der Waals surface area contributed by atoms with Gasteiger partial charge in [0.25, 0.3) is 0 Å². The summed E-state index contributed by atoms with van der Waals surface area (Å²) in [5.74, 6) is -2.34. The van der Waals surface area contributed by atoms with E-state index in [-0.39, 0.29) is 23.4 Å². The zero-order chi connectivity index (χ0) is 12.2. The highest BCUT2D eigenvalue weighted by atomic mass is 16.5. The second-order valence-electron chi connectivity index (χ2n) is 3.87. The van der Waals surface area contributed by atoms with Gasteiger partial charge in [-0.05, 0) is 19.8 Å². The van der Waals surface area contributed by atoms with Crippen molar-refractivity contribution in [3.63, 3.8) is 0 Å². The standard InChI is InChI=1S/C11H18O4/c1-6(8(3)12)7(2)10(9(4)13)11(14)15-5/h6-7,10H,1-5H3. The van der Waals surface area contributed by atoms with E-state index in [4.69, 9.17) is 0 Å². The third-order valence-electron chi connectivity index (χ3n) is 2.85. The third-order valence-corrected chi connectivity index (χ3v) is 2.85. The minimum atomic E-state index is -0.839. The predicted molar refractivity (Wildman–Crippen MR) is 55.2 cm³/mol. The molecule has 0 saturated heterocycles. The highest BCUT2D eigenvalue weighted by molar-refractivity contribution is 5.98. The van der Waals surface area contributed by atoms with E-state index in [1.165, 1.54) is 21.0 Å². The Balaban J connectivity index is 4.85. The molecule has 0 aromatic rings. The Morgan fingerprint density at radius 2 is 1.47 bits per heavy atom. The highest BCUT2D eigenvalue weighted by Crippen LogP contribution is 2.23. The lowest BCUT2D eigenvalue weighted by Crippen LogP contribution is -2.34. The van der Waals surface area contributed by atoms with Crippen LogP contribution < -0.4 is 0 Å². The van der Waals surface area contributed by atoms with Crippen molar-refractivity contribution in [2.24, 2.45) is 17.8 Å². The lowest BCUT2D eigenvalue weighted by atomic mass is 9.80. The molecule has 0 saturated carbocycles. The number of hydrogen-bond donors (Lipinski definition) is 0. The normalized spacial score (nSPS) is 16.3. The largest absolute Gasteiger partial charge is 0.468 e. The zero-order valence-corrected chi connectivity index (χ0v) is 9.87. The van der Waals surface area contributed by atoms with E-state index in [0.29, 0.717) is 0 Å². The van der Waals surface area contributed by atoms with Gasteiger partial charge < -0.3 is 4.74 Å². The van der Waals surface area contributed by atoms with Crippen molar-refractivity contribution < 1.29 is 19.1 Å². The lowest BCUT2D eigenvalue weighted by Gasteiger charge is -2.23. The molecule has 0 amide bonds. The quantitative estimate of drug-likeness (QED) is 0.510. The molecule has 0 N–H and O–H groups in total. The molecule has 15 heavy (non-hydrogen) atoms. The number of carbonyl (C=O) groups excluding carboxylic acids is 3. The molecule has 0 aromatic carbocycles. The molecule has 0 aliphatic heterocycles. The maximum atomic E-state index is 11.4. The molecule has 4 nitrogen and oxygen atoms in total. The number of carbonyl (C=O) groups is 3. The maximum absolute atomic E-state index is 11.4. The first-order valence-electron chi connectivity index (χ1n) is 4.91. The molecule has 0 rings (SSSR count). The first kappa shape index (κ1) is 13.8. The molecule has 3 atom stereocenters. The second kappa shape index (κ2) is 5.63. The van der Waals surface area contributed by atoms with Gasteiger partial charge in [0.15, 0.2) is 0 Å². The average Bonchev–Trinajstić information content (AvgIpc) is 2.15. The number of rotatable bonds is 5. The number of methoxy groups -OCH3 is 1. The van der Waals surface area contributed by atoms with Gasteiger partial charge in [0.1, 0.15) is 17.5 Å². The van der Waals surface area contributed by atoms with Crippen LogP contribution in [0.15, 0.2) is 0 Å². The van der Waals surface area contributed by atoms with Gasteiger partial charge in [0, 0.05) is 5.92 Å². The molecular weight excluding hydrogens is 196 g/mol. The summed E-state index contributed by atoms with van der Waals surface area (Å²) >= 11 is 0. The molecule has 0 aromatic heterocycles. The Morgan fingerprint density at radius 1 is 1.00 bits per heavy atom. The minimum absolute atomic E-state index is 0.0300. The molecule has 0 aliphatic rings. The summed E-state index contributed by atoms with van der Waals surface area (Å²) in [4.78, 5) is 33.8. The van der Waals surface area contributed by atoms with Crippen LogP contribution in [0.5, 0.6) is 0 Å². The van der Waals surface area contributed by atoms with Crippen LogP contribution in [-0.4, -0.2) is 24.6 Å². The Hall–Kier alpha value is -1.19. The summed E-state index contributed by atoms with van der Waals surface area (Å²) in [5.41, 5.74) is 0. The Morgan fingerprint density at radius 3 is 1.73 bits per heavy atom. The van der Waals surface area contributed by atoms with Gasteiger partial charge in [-0.2, -0.15) is 0 Å². The summed E-state index contributed by atoms with van der Waals surface area (Å²) in [6.07, 6.45) is 0. The molecule has 0 aliphatic carbocycles. The molecule has 0 radical (unpaired) electrons. The maximum Gasteiger partial charge on any atom is 0.316 e. The number of hydrogen-bond acceptors (Lipinski definition) is 4. The van der Waals surface area contributed by atoms with E-state index in [2.05, 4.69) is 4.74 Å².